The molecule has 1 atom stereocenters. The van der Waals surface area contributed by atoms with Crippen LogP contribution in [-0.4, -0.2) is 16.8 Å². The number of aromatic nitrogens is 1. The minimum atomic E-state index is -0.567. The van der Waals surface area contributed by atoms with Crippen LogP contribution < -0.4 is 10.2 Å². The zero-order valence-electron chi connectivity index (χ0n) is 17.0. The molecular weight excluding hydrogens is 406 g/mol. The number of para-hydroxylation sites is 2. The van der Waals surface area contributed by atoms with E-state index in [1.807, 2.05) is 72.8 Å². The fourth-order valence-corrected chi connectivity index (χ4v) is 4.95. The van der Waals surface area contributed by atoms with Gasteiger partial charge in [0.1, 0.15) is 0 Å². The molecule has 1 aromatic heterocycles. The summed E-state index contributed by atoms with van der Waals surface area (Å²) < 4.78 is 1.02. The number of carbonyl (C=O) groups is 2. The molecule has 2 heterocycles. The Hall–Kier alpha value is -3.51. The Balaban J connectivity index is 1.63. The highest BCUT2D eigenvalue weighted by Crippen LogP contribution is 2.39. The molecule has 4 aromatic rings. The van der Waals surface area contributed by atoms with E-state index in [2.05, 4.69) is 12.2 Å². The Labute approximate surface area is 184 Å². The third-order valence-electron chi connectivity index (χ3n) is 5.59. The number of anilines is 3. The van der Waals surface area contributed by atoms with Gasteiger partial charge in [0.2, 0.25) is 11.8 Å². The van der Waals surface area contributed by atoms with Gasteiger partial charge in [0.25, 0.3) is 0 Å². The lowest BCUT2D eigenvalue weighted by atomic mass is 9.89. The lowest BCUT2D eigenvalue weighted by molar-refractivity contribution is -0.124. The number of amides is 2. The predicted octanol–water partition coefficient (Wildman–Crippen LogP) is 5.65. The average molecular weight is 428 g/mol. The molecule has 0 aliphatic carbocycles. The highest BCUT2D eigenvalue weighted by atomic mass is 32.1. The van der Waals surface area contributed by atoms with E-state index in [0.717, 1.165) is 27.9 Å². The number of hydrogen-bond donors (Lipinski definition) is 1. The monoisotopic (exact) mass is 427 g/mol. The van der Waals surface area contributed by atoms with Gasteiger partial charge in [-0.05, 0) is 47.9 Å². The van der Waals surface area contributed by atoms with Crippen molar-refractivity contribution in [2.24, 2.45) is 0 Å². The first-order chi connectivity index (χ1) is 15.1. The van der Waals surface area contributed by atoms with Crippen LogP contribution in [0.1, 0.15) is 30.4 Å². The van der Waals surface area contributed by atoms with E-state index in [1.54, 1.807) is 4.90 Å². The largest absolute Gasteiger partial charge is 0.326 e. The summed E-state index contributed by atoms with van der Waals surface area (Å²) in [6.07, 6.45) is 1.04. The van der Waals surface area contributed by atoms with E-state index in [0.29, 0.717) is 10.8 Å². The maximum Gasteiger partial charge on any atom is 0.241 e. The van der Waals surface area contributed by atoms with Crippen molar-refractivity contribution in [1.29, 1.82) is 0 Å². The van der Waals surface area contributed by atoms with Crippen molar-refractivity contribution in [3.8, 4) is 0 Å². The molecule has 0 radical (unpaired) electrons. The molecule has 0 bridgehead atoms. The van der Waals surface area contributed by atoms with Crippen LogP contribution in [0.25, 0.3) is 10.2 Å². The quantitative estimate of drug-likeness (QED) is 0.458. The van der Waals surface area contributed by atoms with Crippen molar-refractivity contribution in [1.82, 2.24) is 4.98 Å². The van der Waals surface area contributed by atoms with Crippen molar-refractivity contribution >= 4 is 49.9 Å². The molecule has 0 saturated carbocycles. The topological polar surface area (TPSA) is 62.3 Å². The van der Waals surface area contributed by atoms with Crippen LogP contribution in [0.15, 0.2) is 72.8 Å². The van der Waals surface area contributed by atoms with Gasteiger partial charge in [-0.3, -0.25) is 14.5 Å². The van der Waals surface area contributed by atoms with E-state index < -0.39 is 5.92 Å². The second-order valence-electron chi connectivity index (χ2n) is 7.55. The number of thiazole rings is 1. The van der Waals surface area contributed by atoms with Gasteiger partial charge < -0.3 is 5.32 Å². The molecular formula is C25H21N3O2S. The van der Waals surface area contributed by atoms with Crippen molar-refractivity contribution < 1.29 is 9.59 Å². The number of rotatable bonds is 4. The van der Waals surface area contributed by atoms with Crippen LogP contribution in [0.2, 0.25) is 0 Å². The molecule has 6 heteroatoms. The van der Waals surface area contributed by atoms with E-state index in [4.69, 9.17) is 4.98 Å². The Bertz CT molecular complexity index is 1250. The summed E-state index contributed by atoms with van der Waals surface area (Å²) >= 11 is 1.48. The van der Waals surface area contributed by atoms with Crippen LogP contribution in [-0.2, 0) is 16.0 Å². The highest BCUT2D eigenvalue weighted by molar-refractivity contribution is 7.22. The minimum Gasteiger partial charge on any atom is -0.326 e. The fraction of sp³-hybridized carbons (Fsp3) is 0.160. The first-order valence-electron chi connectivity index (χ1n) is 10.3. The molecule has 0 saturated heterocycles. The smallest absolute Gasteiger partial charge is 0.241 e. The van der Waals surface area contributed by atoms with Crippen molar-refractivity contribution in [3.05, 3.63) is 83.9 Å². The third-order valence-corrected chi connectivity index (χ3v) is 6.62. The summed E-state index contributed by atoms with van der Waals surface area (Å²) in [5, 5.41) is 3.49. The number of fused-ring (bicyclic) bond motifs is 2. The minimum absolute atomic E-state index is 0.115. The van der Waals surface area contributed by atoms with E-state index >= 15 is 0 Å². The first kappa shape index (κ1) is 19.5. The van der Waals surface area contributed by atoms with Crippen LogP contribution in [0.5, 0.6) is 0 Å². The van der Waals surface area contributed by atoms with E-state index in [1.165, 1.54) is 16.9 Å². The number of carbonyl (C=O) groups excluding carboxylic acids is 2. The van der Waals surface area contributed by atoms with Gasteiger partial charge >= 0.3 is 0 Å². The lowest BCUT2D eigenvalue weighted by Crippen LogP contribution is -2.36. The molecule has 0 fully saturated rings. The number of benzene rings is 3. The Morgan fingerprint density at radius 2 is 1.81 bits per heavy atom. The van der Waals surface area contributed by atoms with Gasteiger partial charge in [-0.25, -0.2) is 4.98 Å². The van der Waals surface area contributed by atoms with Gasteiger partial charge in [-0.1, -0.05) is 60.7 Å². The van der Waals surface area contributed by atoms with Gasteiger partial charge in [-0.15, -0.1) is 0 Å². The van der Waals surface area contributed by atoms with Gasteiger partial charge in [0, 0.05) is 12.1 Å². The molecule has 0 unspecified atom stereocenters. The Kier molecular flexibility index (Phi) is 5.00. The zero-order chi connectivity index (χ0) is 21.4. The van der Waals surface area contributed by atoms with E-state index in [-0.39, 0.29) is 18.2 Å². The summed E-state index contributed by atoms with van der Waals surface area (Å²) in [5.41, 5.74) is 4.34. The van der Waals surface area contributed by atoms with E-state index in [9.17, 15) is 9.59 Å². The molecule has 1 aliphatic rings. The Morgan fingerprint density at radius 1 is 1.06 bits per heavy atom. The van der Waals surface area contributed by atoms with Gasteiger partial charge in [0.15, 0.2) is 5.13 Å². The average Bonchev–Trinajstić information content (AvgIpc) is 3.22. The lowest BCUT2D eigenvalue weighted by Gasteiger charge is -2.29. The van der Waals surface area contributed by atoms with Crippen LogP contribution in [0.3, 0.4) is 0 Å². The summed E-state index contributed by atoms with van der Waals surface area (Å²) in [4.78, 5) is 32.7. The summed E-state index contributed by atoms with van der Waals surface area (Å²) in [6.45, 7) is 2.10. The van der Waals surface area contributed by atoms with Crippen LogP contribution in [0, 0.1) is 0 Å². The molecule has 0 spiro atoms. The van der Waals surface area contributed by atoms with Crippen molar-refractivity contribution in [3.63, 3.8) is 0 Å². The third kappa shape index (κ3) is 3.59. The highest BCUT2D eigenvalue weighted by Gasteiger charge is 2.35. The number of hydrogen-bond acceptors (Lipinski definition) is 4. The Morgan fingerprint density at radius 3 is 2.58 bits per heavy atom. The SMILES string of the molecule is CCc1ccc(N(C(=O)[C@H]2CC(=O)Nc3ccccc32)c2nc3ccccc3s2)cc1. The molecule has 154 valence electrons. The summed E-state index contributed by atoms with van der Waals surface area (Å²) in [6, 6.07) is 23.3. The normalized spacial score (nSPS) is 15.4. The van der Waals surface area contributed by atoms with Gasteiger partial charge in [-0.2, -0.15) is 0 Å². The number of nitrogens with zero attached hydrogens (tertiary/aromatic N) is 2. The van der Waals surface area contributed by atoms with Crippen LogP contribution >= 0.6 is 11.3 Å². The molecule has 3 aromatic carbocycles. The van der Waals surface area contributed by atoms with Crippen molar-refractivity contribution in [2.45, 2.75) is 25.7 Å². The van der Waals surface area contributed by atoms with Crippen molar-refractivity contribution in [2.75, 3.05) is 10.2 Å². The molecule has 5 rings (SSSR count). The zero-order valence-corrected chi connectivity index (χ0v) is 17.9. The maximum absolute atomic E-state index is 14.0. The first-order valence-corrected chi connectivity index (χ1v) is 11.1. The molecule has 5 nitrogen and oxygen atoms in total. The second kappa shape index (κ2) is 7.96. The second-order valence-corrected chi connectivity index (χ2v) is 8.56. The fourth-order valence-electron chi connectivity index (χ4n) is 3.96. The summed E-state index contributed by atoms with van der Waals surface area (Å²) in [5.74, 6) is -0.865. The van der Waals surface area contributed by atoms with Gasteiger partial charge in [0.05, 0.1) is 21.8 Å². The molecule has 1 N–H and O–H groups in total. The predicted molar refractivity (Wildman–Crippen MR) is 125 cm³/mol. The number of nitrogens with one attached hydrogen (secondary N) is 1. The molecule has 2 amide bonds. The molecule has 31 heavy (non-hydrogen) atoms. The maximum atomic E-state index is 14.0. The number of aryl methyl sites for hydroxylation is 1. The summed E-state index contributed by atoms with van der Waals surface area (Å²) in [7, 11) is 0. The standard InChI is InChI=1S/C25H21N3O2S/c1-2-16-11-13-17(14-12-16)28(25-27-21-9-5-6-10-22(21)31-25)24(30)19-15-23(29)26-20-8-4-3-7-18(19)20/h3-14,19H,2,15H2,1H3,(H,26,29)/t19-/m0/s1. The van der Waals surface area contributed by atoms with Crippen LogP contribution in [0.4, 0.5) is 16.5 Å². The molecule has 1 aliphatic heterocycles.